The third-order valence-electron chi connectivity index (χ3n) is 5.74. The zero-order valence-corrected chi connectivity index (χ0v) is 17.8. The van der Waals surface area contributed by atoms with Gasteiger partial charge in [0.25, 0.3) is 0 Å². The van der Waals surface area contributed by atoms with Crippen molar-refractivity contribution < 1.29 is 9.94 Å². The van der Waals surface area contributed by atoms with E-state index >= 15 is 0 Å². The maximum absolute atomic E-state index is 10.8. The molecular formula is C22H32ClNO2. The summed E-state index contributed by atoms with van der Waals surface area (Å²) < 4.78 is 0. The molecular weight excluding hydrogens is 346 g/mol. The lowest BCUT2D eigenvalue weighted by Crippen LogP contribution is -2.17. The summed E-state index contributed by atoms with van der Waals surface area (Å²) in [5, 5.41) is 15.9. The molecule has 26 heavy (non-hydrogen) atoms. The maximum atomic E-state index is 10.8. The molecule has 0 saturated carbocycles. The smallest absolute Gasteiger partial charge is 0.114 e. The highest BCUT2D eigenvalue weighted by Gasteiger charge is 2.28. The van der Waals surface area contributed by atoms with Crippen molar-refractivity contribution in [1.82, 2.24) is 0 Å². The number of allylic oxidation sites excluding steroid dienone is 2. The van der Waals surface area contributed by atoms with Gasteiger partial charge >= 0.3 is 0 Å². The highest BCUT2D eigenvalue weighted by Crippen LogP contribution is 2.43. The van der Waals surface area contributed by atoms with Crippen LogP contribution < -0.4 is 0 Å². The summed E-state index contributed by atoms with van der Waals surface area (Å²) in [6.07, 6.45) is 4.20. The summed E-state index contributed by atoms with van der Waals surface area (Å²) in [5.41, 5.74) is 8.05. The normalized spacial score (nSPS) is 18.4. The molecule has 3 nitrogen and oxygen atoms in total. The number of hydrogen-bond acceptors (Lipinski definition) is 3. The molecule has 1 aliphatic rings. The second-order valence-corrected chi connectivity index (χ2v) is 7.68. The van der Waals surface area contributed by atoms with E-state index in [9.17, 15) is 5.11 Å². The molecule has 1 N–H and O–H groups in total. The van der Waals surface area contributed by atoms with Gasteiger partial charge in [-0.15, -0.1) is 0 Å². The molecule has 0 radical (unpaired) electrons. The maximum Gasteiger partial charge on any atom is 0.114 e. The van der Waals surface area contributed by atoms with E-state index in [-0.39, 0.29) is 5.92 Å². The largest absolute Gasteiger partial charge is 0.512 e. The average Bonchev–Trinajstić information content (AvgIpc) is 2.62. The fourth-order valence-electron chi connectivity index (χ4n) is 3.89. The van der Waals surface area contributed by atoms with Crippen LogP contribution >= 0.6 is 11.6 Å². The molecule has 144 valence electrons. The summed E-state index contributed by atoms with van der Waals surface area (Å²) in [6.45, 7) is 13.1. The van der Waals surface area contributed by atoms with Gasteiger partial charge in [-0.3, -0.25) is 0 Å². The second-order valence-electron chi connectivity index (χ2n) is 7.30. The number of rotatable bonds is 6. The fourth-order valence-corrected chi connectivity index (χ4v) is 4.33. The minimum absolute atomic E-state index is 0.249. The Morgan fingerprint density at radius 3 is 2.35 bits per heavy atom. The molecule has 1 unspecified atom stereocenters. The van der Waals surface area contributed by atoms with E-state index in [2.05, 4.69) is 39.8 Å². The van der Waals surface area contributed by atoms with Crippen molar-refractivity contribution in [2.45, 2.75) is 79.6 Å². The number of nitrogens with zero attached hydrogens (tertiary/aromatic N) is 1. The first-order valence-corrected chi connectivity index (χ1v) is 10.1. The Labute approximate surface area is 163 Å². The van der Waals surface area contributed by atoms with Crippen LogP contribution in [0.15, 0.2) is 16.5 Å². The van der Waals surface area contributed by atoms with Crippen LogP contribution in [0.5, 0.6) is 0 Å². The van der Waals surface area contributed by atoms with Crippen LogP contribution in [0.1, 0.15) is 79.7 Å². The van der Waals surface area contributed by atoms with Gasteiger partial charge < -0.3 is 9.94 Å². The lowest BCUT2D eigenvalue weighted by molar-refractivity contribution is 0.158. The van der Waals surface area contributed by atoms with Gasteiger partial charge in [-0.05, 0) is 87.6 Å². The Hall–Kier alpha value is -1.48. The van der Waals surface area contributed by atoms with Crippen molar-refractivity contribution in [3.63, 3.8) is 0 Å². The quantitative estimate of drug-likeness (QED) is 0.435. The first kappa shape index (κ1) is 20.8. The van der Waals surface area contributed by atoms with Crippen molar-refractivity contribution in [2.75, 3.05) is 6.61 Å². The summed E-state index contributed by atoms with van der Waals surface area (Å²) in [5.74, 6) is 0.693. The van der Waals surface area contributed by atoms with Gasteiger partial charge in [0, 0.05) is 17.0 Å². The van der Waals surface area contributed by atoms with Crippen molar-refractivity contribution in [1.29, 1.82) is 0 Å². The standard InChI is InChI=1S/C22H32ClNO2/c1-7-9-19(24-26-8-2)18-11-10-17(12-20(18)25)21-15(5)13(3)14(4)16(6)22(21)23/h17,25H,7-12H2,1-6H3/b24-19+. The molecule has 4 heteroatoms. The Morgan fingerprint density at radius 2 is 1.77 bits per heavy atom. The molecule has 0 amide bonds. The summed E-state index contributed by atoms with van der Waals surface area (Å²) >= 11 is 6.73. The van der Waals surface area contributed by atoms with Crippen LogP contribution in [-0.2, 0) is 4.84 Å². The van der Waals surface area contributed by atoms with Gasteiger partial charge in [0.2, 0.25) is 0 Å². The zero-order valence-electron chi connectivity index (χ0n) is 17.0. The summed E-state index contributed by atoms with van der Waals surface area (Å²) in [7, 11) is 0. The van der Waals surface area contributed by atoms with Crippen LogP contribution in [-0.4, -0.2) is 17.4 Å². The number of hydrogen-bond donors (Lipinski definition) is 1. The summed E-state index contributed by atoms with van der Waals surface area (Å²) in [4.78, 5) is 5.27. The third-order valence-corrected chi connectivity index (χ3v) is 6.22. The van der Waals surface area contributed by atoms with Crippen molar-refractivity contribution in [3.05, 3.63) is 44.2 Å². The SMILES string of the molecule is CCC/C(=N\OCC)C1=C(O)CC(c2c(C)c(C)c(C)c(C)c2Cl)CC1. The first-order valence-electron chi connectivity index (χ1n) is 9.69. The van der Waals surface area contributed by atoms with Crippen LogP contribution in [0.2, 0.25) is 5.02 Å². The van der Waals surface area contributed by atoms with Gasteiger partial charge in [0.15, 0.2) is 0 Å². The molecule has 2 rings (SSSR count). The zero-order chi connectivity index (χ0) is 19.4. The predicted octanol–water partition coefficient (Wildman–Crippen LogP) is 6.85. The number of oxime groups is 1. The topological polar surface area (TPSA) is 41.8 Å². The average molecular weight is 378 g/mol. The Bertz CT molecular complexity index is 705. The molecule has 0 aliphatic heterocycles. The van der Waals surface area contributed by atoms with E-state index in [4.69, 9.17) is 16.4 Å². The van der Waals surface area contributed by atoms with E-state index in [0.717, 1.165) is 47.6 Å². The summed E-state index contributed by atoms with van der Waals surface area (Å²) in [6, 6.07) is 0. The molecule has 1 aliphatic carbocycles. The predicted molar refractivity (Wildman–Crippen MR) is 111 cm³/mol. The van der Waals surface area contributed by atoms with E-state index in [1.807, 2.05) is 6.92 Å². The van der Waals surface area contributed by atoms with Crippen molar-refractivity contribution in [3.8, 4) is 0 Å². The van der Waals surface area contributed by atoms with E-state index in [1.54, 1.807) is 0 Å². The molecule has 1 aromatic rings. The first-order chi connectivity index (χ1) is 12.3. The molecule has 0 bridgehead atoms. The molecule has 1 aromatic carbocycles. The van der Waals surface area contributed by atoms with Gasteiger partial charge in [-0.2, -0.15) is 0 Å². The number of halogens is 1. The molecule has 0 spiro atoms. The fraction of sp³-hybridized carbons (Fsp3) is 0.591. The minimum Gasteiger partial charge on any atom is -0.512 e. The van der Waals surface area contributed by atoms with Gasteiger partial charge in [0.1, 0.15) is 6.61 Å². The van der Waals surface area contributed by atoms with E-state index in [0.29, 0.717) is 18.8 Å². The molecule has 0 saturated heterocycles. The van der Waals surface area contributed by atoms with Gasteiger partial charge in [-0.25, -0.2) is 0 Å². The molecule has 0 aromatic heterocycles. The molecule has 0 heterocycles. The second kappa shape index (κ2) is 8.94. The molecule has 1 atom stereocenters. The van der Waals surface area contributed by atoms with Crippen LogP contribution in [0, 0.1) is 27.7 Å². The number of aliphatic hydroxyl groups is 1. The van der Waals surface area contributed by atoms with Crippen molar-refractivity contribution in [2.24, 2.45) is 5.16 Å². The monoisotopic (exact) mass is 377 g/mol. The van der Waals surface area contributed by atoms with Crippen LogP contribution in [0.4, 0.5) is 0 Å². The number of aliphatic hydroxyl groups excluding tert-OH is 1. The lowest BCUT2D eigenvalue weighted by Gasteiger charge is -2.29. The third kappa shape index (κ3) is 4.09. The highest BCUT2D eigenvalue weighted by atomic mass is 35.5. The molecule has 0 fully saturated rings. The Kier molecular flexibility index (Phi) is 7.16. The van der Waals surface area contributed by atoms with E-state index in [1.165, 1.54) is 22.3 Å². The van der Waals surface area contributed by atoms with Gasteiger partial charge in [0.05, 0.1) is 11.5 Å². The Balaban J connectivity index is 2.38. The van der Waals surface area contributed by atoms with Crippen LogP contribution in [0.3, 0.4) is 0 Å². The Morgan fingerprint density at radius 1 is 1.12 bits per heavy atom. The van der Waals surface area contributed by atoms with Gasteiger partial charge in [-0.1, -0.05) is 30.1 Å². The highest BCUT2D eigenvalue weighted by molar-refractivity contribution is 6.32. The van der Waals surface area contributed by atoms with Crippen molar-refractivity contribution >= 4 is 17.3 Å². The lowest BCUT2D eigenvalue weighted by atomic mass is 9.78. The van der Waals surface area contributed by atoms with E-state index < -0.39 is 0 Å². The number of benzene rings is 1. The van der Waals surface area contributed by atoms with Crippen LogP contribution in [0.25, 0.3) is 0 Å². The minimum atomic E-state index is 0.249.